The van der Waals surface area contributed by atoms with E-state index < -0.39 is 0 Å². The first kappa shape index (κ1) is 15.3. The van der Waals surface area contributed by atoms with Crippen molar-refractivity contribution in [1.82, 2.24) is 14.7 Å². The molecule has 4 rings (SSSR count). The summed E-state index contributed by atoms with van der Waals surface area (Å²) in [6, 6.07) is 7.63. The maximum absolute atomic E-state index is 12.9. The molecule has 2 aliphatic heterocycles. The number of anilines is 1. The fraction of sp³-hybridized carbons (Fsp3) is 0.353. The monoisotopic (exact) mass is 342 g/mol. The fourth-order valence-electron chi connectivity index (χ4n) is 3.30. The van der Waals surface area contributed by atoms with Gasteiger partial charge >= 0.3 is 0 Å². The molecule has 2 aliphatic rings. The summed E-state index contributed by atoms with van der Waals surface area (Å²) in [5.74, 6) is 0.436. The van der Waals surface area contributed by atoms with Gasteiger partial charge in [0.2, 0.25) is 5.91 Å². The van der Waals surface area contributed by atoms with Gasteiger partial charge in [0.25, 0.3) is 5.91 Å². The van der Waals surface area contributed by atoms with E-state index in [9.17, 15) is 9.59 Å². The average Bonchev–Trinajstić information content (AvgIpc) is 3.26. The number of benzene rings is 1. The summed E-state index contributed by atoms with van der Waals surface area (Å²) in [5.41, 5.74) is 1.37. The molecule has 1 saturated heterocycles. The van der Waals surface area contributed by atoms with Crippen LogP contribution in [0, 0.1) is 0 Å². The summed E-state index contributed by atoms with van der Waals surface area (Å²) in [6.45, 7) is 1.49. The lowest BCUT2D eigenvalue weighted by Crippen LogP contribution is -2.38. The van der Waals surface area contributed by atoms with Crippen molar-refractivity contribution in [2.24, 2.45) is 0 Å². The molecule has 1 fully saturated rings. The lowest BCUT2D eigenvalue weighted by molar-refractivity contribution is -0.113. The minimum atomic E-state index is -0.0187. The van der Waals surface area contributed by atoms with Gasteiger partial charge in [0.15, 0.2) is 0 Å². The van der Waals surface area contributed by atoms with Gasteiger partial charge in [0, 0.05) is 29.4 Å². The minimum Gasteiger partial charge on any atom is -0.334 e. The average molecular weight is 342 g/mol. The molecule has 1 aromatic heterocycles. The third-order valence-corrected chi connectivity index (χ3v) is 5.53. The molecule has 2 amide bonds. The number of rotatable bonds is 3. The Kier molecular flexibility index (Phi) is 4.02. The van der Waals surface area contributed by atoms with Crippen molar-refractivity contribution in [2.45, 2.75) is 30.3 Å². The van der Waals surface area contributed by atoms with Crippen LogP contribution in [0.4, 0.5) is 5.69 Å². The van der Waals surface area contributed by atoms with Gasteiger partial charge < -0.3 is 10.2 Å². The highest BCUT2D eigenvalue weighted by Gasteiger charge is 2.30. The summed E-state index contributed by atoms with van der Waals surface area (Å²) in [5, 5.41) is 7.09. The second kappa shape index (κ2) is 6.32. The van der Waals surface area contributed by atoms with Gasteiger partial charge in [0.05, 0.1) is 24.0 Å². The number of likely N-dealkylation sites (tertiary alicyclic amines) is 1. The van der Waals surface area contributed by atoms with E-state index in [0.29, 0.717) is 11.3 Å². The third kappa shape index (κ3) is 2.91. The van der Waals surface area contributed by atoms with Gasteiger partial charge in [-0.2, -0.15) is 5.10 Å². The number of aromatic nitrogens is 2. The van der Waals surface area contributed by atoms with E-state index in [1.54, 1.807) is 12.3 Å². The number of hydrogen-bond acceptors (Lipinski definition) is 4. The molecule has 1 unspecified atom stereocenters. The predicted octanol–water partition coefficient (Wildman–Crippen LogP) is 2.23. The largest absolute Gasteiger partial charge is 0.334 e. The van der Waals surface area contributed by atoms with Crippen LogP contribution in [0.2, 0.25) is 0 Å². The molecule has 2 aromatic rings. The molecule has 1 atom stereocenters. The number of carbonyl (C=O) groups is 2. The third-order valence-electron chi connectivity index (χ3n) is 4.45. The van der Waals surface area contributed by atoms with Crippen LogP contribution < -0.4 is 5.32 Å². The highest BCUT2D eigenvalue weighted by Crippen LogP contribution is 2.33. The van der Waals surface area contributed by atoms with E-state index in [4.69, 9.17) is 0 Å². The molecule has 3 heterocycles. The van der Waals surface area contributed by atoms with E-state index in [1.165, 1.54) is 11.8 Å². The molecular formula is C17H18N4O2S. The van der Waals surface area contributed by atoms with Crippen LogP contribution in [0.25, 0.3) is 0 Å². The Hall–Kier alpha value is -2.28. The lowest BCUT2D eigenvalue weighted by atomic mass is 10.1. The quantitative estimate of drug-likeness (QED) is 0.929. The van der Waals surface area contributed by atoms with Gasteiger partial charge in [-0.15, -0.1) is 11.8 Å². The zero-order valence-electron chi connectivity index (χ0n) is 13.1. The topological polar surface area (TPSA) is 67.2 Å². The number of hydrogen-bond donors (Lipinski definition) is 1. The van der Waals surface area contributed by atoms with Crippen molar-refractivity contribution >= 4 is 29.3 Å². The SMILES string of the molecule is O=C1CSc2ccc(C(=O)N3CCCC3Cn3cccn3)cc2N1. The molecule has 0 bridgehead atoms. The van der Waals surface area contributed by atoms with E-state index in [-0.39, 0.29) is 17.9 Å². The second-order valence-electron chi connectivity index (χ2n) is 6.07. The standard InChI is InChI=1S/C17H18N4O2S/c22-16-11-24-15-5-4-12(9-14(15)19-16)17(23)21-8-1-3-13(21)10-20-7-2-6-18-20/h2,4-7,9,13H,1,3,8,10-11H2,(H,19,22). The second-order valence-corrected chi connectivity index (χ2v) is 7.09. The van der Waals surface area contributed by atoms with Crippen molar-refractivity contribution in [3.63, 3.8) is 0 Å². The van der Waals surface area contributed by atoms with Crippen LogP contribution in [0.15, 0.2) is 41.6 Å². The maximum Gasteiger partial charge on any atom is 0.254 e. The number of nitrogens with zero attached hydrogens (tertiary/aromatic N) is 3. The van der Waals surface area contributed by atoms with E-state index >= 15 is 0 Å². The van der Waals surface area contributed by atoms with Crippen molar-refractivity contribution in [3.8, 4) is 0 Å². The minimum absolute atomic E-state index is 0.0187. The molecule has 7 heteroatoms. The Bertz CT molecular complexity index is 775. The van der Waals surface area contributed by atoms with Crippen LogP contribution in [0.3, 0.4) is 0 Å². The van der Waals surface area contributed by atoms with Crippen LogP contribution in [-0.4, -0.2) is 44.8 Å². The Morgan fingerprint density at radius 1 is 1.42 bits per heavy atom. The Morgan fingerprint density at radius 2 is 2.33 bits per heavy atom. The van der Waals surface area contributed by atoms with Crippen molar-refractivity contribution in [2.75, 3.05) is 17.6 Å². The molecule has 1 aromatic carbocycles. The molecule has 0 radical (unpaired) electrons. The highest BCUT2D eigenvalue weighted by atomic mass is 32.2. The number of carbonyl (C=O) groups excluding carboxylic acids is 2. The molecule has 6 nitrogen and oxygen atoms in total. The molecule has 0 saturated carbocycles. The maximum atomic E-state index is 12.9. The summed E-state index contributed by atoms with van der Waals surface area (Å²) >= 11 is 1.50. The molecule has 24 heavy (non-hydrogen) atoms. The zero-order chi connectivity index (χ0) is 16.5. The van der Waals surface area contributed by atoms with Crippen molar-refractivity contribution in [3.05, 3.63) is 42.2 Å². The molecule has 124 valence electrons. The first-order valence-corrected chi connectivity index (χ1v) is 9.04. The summed E-state index contributed by atoms with van der Waals surface area (Å²) < 4.78 is 1.87. The lowest BCUT2D eigenvalue weighted by Gasteiger charge is -2.25. The summed E-state index contributed by atoms with van der Waals surface area (Å²) in [4.78, 5) is 27.4. The van der Waals surface area contributed by atoms with Crippen molar-refractivity contribution in [1.29, 1.82) is 0 Å². The van der Waals surface area contributed by atoms with Crippen LogP contribution >= 0.6 is 11.8 Å². The van der Waals surface area contributed by atoms with E-state index in [1.807, 2.05) is 34.0 Å². The Labute approximate surface area is 144 Å². The molecular weight excluding hydrogens is 324 g/mol. The van der Waals surface area contributed by atoms with Crippen LogP contribution in [-0.2, 0) is 11.3 Å². The van der Waals surface area contributed by atoms with E-state index in [2.05, 4.69) is 10.4 Å². The zero-order valence-corrected chi connectivity index (χ0v) is 14.0. The fourth-order valence-corrected chi connectivity index (χ4v) is 4.09. The van der Waals surface area contributed by atoms with Crippen molar-refractivity contribution < 1.29 is 9.59 Å². The Balaban J connectivity index is 1.54. The first-order chi connectivity index (χ1) is 11.7. The van der Waals surface area contributed by atoms with Gasteiger partial charge in [-0.1, -0.05) is 0 Å². The predicted molar refractivity (Wildman–Crippen MR) is 92.1 cm³/mol. The summed E-state index contributed by atoms with van der Waals surface area (Å²) in [6.07, 6.45) is 5.68. The van der Waals surface area contributed by atoms with Gasteiger partial charge in [-0.25, -0.2) is 0 Å². The van der Waals surface area contributed by atoms with Gasteiger partial charge in [0.1, 0.15) is 0 Å². The number of thioether (sulfide) groups is 1. The normalized spacial score (nSPS) is 19.9. The van der Waals surface area contributed by atoms with Gasteiger partial charge in [-0.3, -0.25) is 14.3 Å². The summed E-state index contributed by atoms with van der Waals surface area (Å²) in [7, 11) is 0. The van der Waals surface area contributed by atoms with Crippen LogP contribution in [0.1, 0.15) is 23.2 Å². The Morgan fingerprint density at radius 3 is 3.17 bits per heavy atom. The number of amides is 2. The molecule has 0 aliphatic carbocycles. The van der Waals surface area contributed by atoms with E-state index in [0.717, 1.165) is 36.5 Å². The number of nitrogens with one attached hydrogen (secondary N) is 1. The highest BCUT2D eigenvalue weighted by molar-refractivity contribution is 8.00. The van der Waals surface area contributed by atoms with Crippen LogP contribution in [0.5, 0.6) is 0 Å². The molecule has 0 spiro atoms. The smallest absolute Gasteiger partial charge is 0.254 e. The molecule has 1 N–H and O–H groups in total. The van der Waals surface area contributed by atoms with Gasteiger partial charge in [-0.05, 0) is 37.1 Å². The first-order valence-electron chi connectivity index (χ1n) is 8.06. The number of fused-ring (bicyclic) bond motifs is 1.